The summed E-state index contributed by atoms with van der Waals surface area (Å²) >= 11 is 6.43. The number of aryl methyl sites for hydroxylation is 2. The van der Waals surface area contributed by atoms with E-state index in [0.717, 1.165) is 12.5 Å². The smallest absolute Gasteiger partial charge is 0.451 e. The highest BCUT2D eigenvalue weighted by Gasteiger charge is 2.42. The Hall–Kier alpha value is -2.99. The van der Waals surface area contributed by atoms with Crippen LogP contribution >= 0.6 is 11.6 Å². The molecule has 33 heavy (non-hydrogen) atoms. The molecule has 2 rings (SSSR count). The summed E-state index contributed by atoms with van der Waals surface area (Å²) in [6.45, 7) is 11.0. The van der Waals surface area contributed by atoms with Crippen molar-refractivity contribution in [1.29, 1.82) is 5.26 Å². The van der Waals surface area contributed by atoms with Gasteiger partial charge in [0.2, 0.25) is 6.29 Å². The third-order valence-corrected chi connectivity index (χ3v) is 5.19. The molecule has 0 spiro atoms. The number of halogens is 4. The molecular formula is C23H25ClF3N3O3. The second-order valence-electron chi connectivity index (χ2n) is 8.30. The molecule has 0 aliphatic rings. The van der Waals surface area contributed by atoms with Crippen LogP contribution in [0, 0.1) is 18.3 Å². The minimum Gasteiger partial charge on any atom is -0.451 e. The van der Waals surface area contributed by atoms with E-state index in [9.17, 15) is 23.2 Å². The van der Waals surface area contributed by atoms with E-state index in [1.807, 2.05) is 39.0 Å². The highest BCUT2D eigenvalue weighted by atomic mass is 35.5. The highest BCUT2D eigenvalue weighted by Crippen LogP contribution is 2.35. The maximum Gasteiger partial charge on any atom is 0.491 e. The van der Waals surface area contributed by atoms with E-state index in [4.69, 9.17) is 16.3 Å². The van der Waals surface area contributed by atoms with Crippen LogP contribution in [0.2, 0.25) is 5.02 Å². The summed E-state index contributed by atoms with van der Waals surface area (Å²) in [5.74, 6) is -2.55. The van der Waals surface area contributed by atoms with Gasteiger partial charge in [0.25, 0.3) is 0 Å². The van der Waals surface area contributed by atoms with E-state index in [0.29, 0.717) is 17.8 Å². The first-order valence-electron chi connectivity index (χ1n) is 10.1. The number of hydrogen-bond donors (Lipinski definition) is 0. The van der Waals surface area contributed by atoms with E-state index < -0.39 is 18.4 Å². The number of nitriles is 1. The topological polar surface area (TPSA) is 77.1 Å². The number of rotatable bonds is 6. The Morgan fingerprint density at radius 2 is 1.79 bits per heavy atom. The summed E-state index contributed by atoms with van der Waals surface area (Å²) < 4.78 is 49.4. The van der Waals surface area contributed by atoms with Crippen molar-refractivity contribution in [2.45, 2.75) is 66.0 Å². The van der Waals surface area contributed by atoms with Crippen LogP contribution in [0.4, 0.5) is 13.2 Å². The molecule has 1 atom stereocenters. The molecule has 1 aromatic carbocycles. The Morgan fingerprint density at radius 1 is 1.21 bits per heavy atom. The molecule has 6 nitrogen and oxygen atoms in total. The number of hydrogen-bond acceptors (Lipinski definition) is 5. The van der Waals surface area contributed by atoms with Crippen molar-refractivity contribution >= 4 is 28.9 Å². The lowest BCUT2D eigenvalue weighted by Crippen LogP contribution is -2.30. The summed E-state index contributed by atoms with van der Waals surface area (Å²) in [5, 5.41) is 14.4. The first-order chi connectivity index (χ1) is 15.2. The van der Waals surface area contributed by atoms with Gasteiger partial charge in [0, 0.05) is 13.5 Å². The SMILES string of the molecule is CCn1nc(C)c(Cl)c1/C(OC(C)OC(=O)C(F)(F)F)=C(\C#N)c1ccc(C(C)(C)C)cc1. The van der Waals surface area contributed by atoms with Gasteiger partial charge >= 0.3 is 12.1 Å². The molecular weight excluding hydrogens is 459 g/mol. The molecule has 0 aliphatic heterocycles. The minimum atomic E-state index is -5.19. The third kappa shape index (κ3) is 6.08. The van der Waals surface area contributed by atoms with Crippen molar-refractivity contribution in [1.82, 2.24) is 9.78 Å². The Labute approximate surface area is 195 Å². The maximum absolute atomic E-state index is 12.7. The first-order valence-corrected chi connectivity index (χ1v) is 10.5. The molecule has 2 aromatic rings. The molecule has 0 amide bonds. The molecule has 0 fully saturated rings. The number of benzene rings is 1. The zero-order valence-electron chi connectivity index (χ0n) is 19.2. The van der Waals surface area contributed by atoms with Crippen LogP contribution in [0.3, 0.4) is 0 Å². The Morgan fingerprint density at radius 3 is 2.24 bits per heavy atom. The zero-order valence-corrected chi connectivity index (χ0v) is 19.9. The van der Waals surface area contributed by atoms with Crippen molar-refractivity contribution in [2.24, 2.45) is 0 Å². The molecule has 0 bridgehead atoms. The number of nitrogens with zero attached hydrogens (tertiary/aromatic N) is 3. The van der Waals surface area contributed by atoms with Gasteiger partial charge in [0.15, 0.2) is 5.76 Å². The maximum atomic E-state index is 12.7. The van der Waals surface area contributed by atoms with Gasteiger partial charge in [-0.3, -0.25) is 4.68 Å². The fourth-order valence-electron chi connectivity index (χ4n) is 3.03. The summed E-state index contributed by atoms with van der Waals surface area (Å²) in [6.07, 6.45) is -6.86. The summed E-state index contributed by atoms with van der Waals surface area (Å²) in [7, 11) is 0. The molecule has 0 saturated carbocycles. The first kappa shape index (κ1) is 26.3. The molecule has 178 valence electrons. The van der Waals surface area contributed by atoms with Gasteiger partial charge in [-0.15, -0.1) is 0 Å². The van der Waals surface area contributed by atoms with Crippen LogP contribution < -0.4 is 0 Å². The van der Waals surface area contributed by atoms with Crippen LogP contribution in [-0.4, -0.2) is 28.2 Å². The van der Waals surface area contributed by atoms with Crippen molar-refractivity contribution in [3.05, 3.63) is 51.8 Å². The number of ether oxygens (including phenoxy) is 2. The molecule has 1 heterocycles. The molecule has 0 N–H and O–H groups in total. The van der Waals surface area contributed by atoms with Gasteiger partial charge in [-0.2, -0.15) is 23.5 Å². The molecule has 0 saturated heterocycles. The summed E-state index contributed by atoms with van der Waals surface area (Å²) in [5.41, 5.74) is 1.98. The molecule has 1 aromatic heterocycles. The van der Waals surface area contributed by atoms with Gasteiger partial charge in [0.1, 0.15) is 17.3 Å². The van der Waals surface area contributed by atoms with Crippen LogP contribution in [-0.2, 0) is 26.2 Å². The number of carbonyl (C=O) groups is 1. The molecule has 10 heteroatoms. The zero-order chi connectivity index (χ0) is 25.1. The average Bonchev–Trinajstić information content (AvgIpc) is 3.00. The van der Waals surface area contributed by atoms with Crippen molar-refractivity contribution in [3.8, 4) is 6.07 Å². The second kappa shape index (κ2) is 9.87. The minimum absolute atomic E-state index is 0.00173. The van der Waals surface area contributed by atoms with E-state index in [1.54, 1.807) is 26.0 Å². The standard InChI is InChI=1S/C23H25ClF3N3O3/c1-7-30-19(18(24)13(2)29-30)20(32-14(3)33-21(31)23(25,26)27)17(12-28)15-8-10-16(11-9-15)22(4,5)6/h8-11,14H,7H2,1-6H3/b20-17-. The Bertz CT molecular complexity index is 1090. The van der Waals surface area contributed by atoms with Crippen molar-refractivity contribution < 1.29 is 27.4 Å². The van der Waals surface area contributed by atoms with Crippen LogP contribution in [0.5, 0.6) is 0 Å². The van der Waals surface area contributed by atoms with E-state index in [1.165, 1.54) is 4.68 Å². The van der Waals surface area contributed by atoms with Gasteiger partial charge in [-0.05, 0) is 30.4 Å². The fraction of sp³-hybridized carbons (Fsp3) is 0.435. The largest absolute Gasteiger partial charge is 0.491 e. The van der Waals surface area contributed by atoms with Crippen molar-refractivity contribution in [3.63, 3.8) is 0 Å². The average molecular weight is 484 g/mol. The Kier molecular flexibility index (Phi) is 7.86. The Balaban J connectivity index is 2.66. The van der Waals surface area contributed by atoms with Gasteiger partial charge in [-0.1, -0.05) is 56.6 Å². The normalized spacial score (nSPS) is 13.7. The van der Waals surface area contributed by atoms with Crippen LogP contribution in [0.25, 0.3) is 11.3 Å². The lowest BCUT2D eigenvalue weighted by molar-refractivity contribution is -0.216. The molecule has 1 unspecified atom stereocenters. The van der Waals surface area contributed by atoms with E-state index in [-0.39, 0.29) is 27.5 Å². The third-order valence-electron chi connectivity index (χ3n) is 4.74. The van der Waals surface area contributed by atoms with Crippen LogP contribution in [0.1, 0.15) is 57.1 Å². The quantitative estimate of drug-likeness (QED) is 0.217. The van der Waals surface area contributed by atoms with Crippen LogP contribution in [0.15, 0.2) is 24.3 Å². The monoisotopic (exact) mass is 483 g/mol. The van der Waals surface area contributed by atoms with E-state index >= 15 is 0 Å². The highest BCUT2D eigenvalue weighted by molar-refractivity contribution is 6.33. The van der Waals surface area contributed by atoms with E-state index in [2.05, 4.69) is 9.84 Å². The lowest BCUT2D eigenvalue weighted by atomic mass is 9.86. The van der Waals surface area contributed by atoms with Gasteiger partial charge < -0.3 is 9.47 Å². The van der Waals surface area contributed by atoms with Crippen molar-refractivity contribution in [2.75, 3.05) is 0 Å². The summed E-state index contributed by atoms with van der Waals surface area (Å²) in [4.78, 5) is 11.3. The molecule has 0 radical (unpaired) electrons. The number of esters is 1. The lowest BCUT2D eigenvalue weighted by Gasteiger charge is -2.21. The second-order valence-corrected chi connectivity index (χ2v) is 8.67. The molecule has 0 aliphatic carbocycles. The number of aromatic nitrogens is 2. The van der Waals surface area contributed by atoms with Gasteiger partial charge in [0.05, 0.1) is 10.7 Å². The predicted molar refractivity (Wildman–Crippen MR) is 118 cm³/mol. The van der Waals surface area contributed by atoms with Gasteiger partial charge in [-0.25, -0.2) is 4.79 Å². The number of alkyl halides is 3. The number of allylic oxidation sites excluding steroid dienone is 1. The predicted octanol–water partition coefficient (Wildman–Crippen LogP) is 6.02. The fourth-order valence-corrected chi connectivity index (χ4v) is 3.25. The summed E-state index contributed by atoms with van der Waals surface area (Å²) in [6, 6.07) is 9.16. The number of carbonyl (C=O) groups excluding carboxylic acids is 1.